The van der Waals surface area contributed by atoms with Crippen LogP contribution in [0.3, 0.4) is 0 Å². The molecule has 0 spiro atoms. The molecule has 0 saturated carbocycles. The lowest BCUT2D eigenvalue weighted by molar-refractivity contribution is 0.0252. The minimum Gasteiger partial charge on any atom is -0.444 e. The molecular formula is C14H24N4O3. The van der Waals surface area contributed by atoms with Crippen LogP contribution in [0.25, 0.3) is 0 Å². The van der Waals surface area contributed by atoms with E-state index in [0.29, 0.717) is 19.6 Å². The van der Waals surface area contributed by atoms with Crippen LogP contribution in [0.4, 0.5) is 4.79 Å². The molecule has 1 saturated heterocycles. The number of methoxy groups -OCH3 is 1. The fourth-order valence-electron chi connectivity index (χ4n) is 2.31. The maximum absolute atomic E-state index is 12.1. The molecular weight excluding hydrogens is 272 g/mol. The lowest BCUT2D eigenvalue weighted by Gasteiger charge is -2.24. The summed E-state index contributed by atoms with van der Waals surface area (Å²) in [6, 6.07) is 0.0748. The SMILES string of the molecule is CO[C@H]1CN(C(=O)OC(C)(C)C)CC1NCc1cnc[nH]1. The van der Waals surface area contributed by atoms with Crippen molar-refractivity contribution >= 4 is 6.09 Å². The molecule has 0 radical (unpaired) electrons. The summed E-state index contributed by atoms with van der Waals surface area (Å²) in [6.07, 6.45) is 3.08. The van der Waals surface area contributed by atoms with E-state index >= 15 is 0 Å². The van der Waals surface area contributed by atoms with Crippen LogP contribution in [0.5, 0.6) is 0 Å². The highest BCUT2D eigenvalue weighted by molar-refractivity contribution is 5.68. The molecule has 2 heterocycles. The first-order chi connectivity index (χ1) is 9.89. The molecule has 7 nitrogen and oxygen atoms in total. The maximum Gasteiger partial charge on any atom is 0.410 e. The Labute approximate surface area is 125 Å². The smallest absolute Gasteiger partial charge is 0.410 e. The van der Waals surface area contributed by atoms with Crippen LogP contribution in [-0.2, 0) is 16.0 Å². The largest absolute Gasteiger partial charge is 0.444 e. The van der Waals surface area contributed by atoms with Gasteiger partial charge in [-0.2, -0.15) is 0 Å². The second-order valence-electron chi connectivity index (χ2n) is 6.22. The highest BCUT2D eigenvalue weighted by atomic mass is 16.6. The highest BCUT2D eigenvalue weighted by Gasteiger charge is 2.37. The van der Waals surface area contributed by atoms with E-state index in [1.54, 1.807) is 24.5 Å². The molecule has 1 aromatic rings. The third kappa shape index (κ3) is 4.44. The van der Waals surface area contributed by atoms with Gasteiger partial charge >= 0.3 is 6.09 Å². The number of ether oxygens (including phenoxy) is 2. The van der Waals surface area contributed by atoms with E-state index < -0.39 is 5.60 Å². The summed E-state index contributed by atoms with van der Waals surface area (Å²) in [6.45, 7) is 7.36. The van der Waals surface area contributed by atoms with Crippen molar-refractivity contribution in [2.75, 3.05) is 20.2 Å². The number of hydrogen-bond acceptors (Lipinski definition) is 5. The predicted octanol–water partition coefficient (Wildman–Crippen LogP) is 1.13. The number of hydrogen-bond donors (Lipinski definition) is 2. The molecule has 2 atom stereocenters. The number of likely N-dealkylation sites (tertiary alicyclic amines) is 1. The van der Waals surface area contributed by atoms with Crippen molar-refractivity contribution in [2.45, 2.75) is 45.1 Å². The molecule has 0 bridgehead atoms. The van der Waals surface area contributed by atoms with Gasteiger partial charge in [-0.25, -0.2) is 9.78 Å². The Morgan fingerprint density at radius 3 is 2.86 bits per heavy atom. The zero-order chi connectivity index (χ0) is 15.5. The van der Waals surface area contributed by atoms with Crippen LogP contribution in [0.1, 0.15) is 26.5 Å². The summed E-state index contributed by atoms with van der Waals surface area (Å²) in [5.41, 5.74) is 0.515. The molecule has 21 heavy (non-hydrogen) atoms. The monoisotopic (exact) mass is 296 g/mol. The van der Waals surface area contributed by atoms with Gasteiger partial charge in [-0.15, -0.1) is 0 Å². The molecule has 0 aromatic carbocycles. The first kappa shape index (κ1) is 15.8. The quantitative estimate of drug-likeness (QED) is 0.871. The summed E-state index contributed by atoms with van der Waals surface area (Å²) >= 11 is 0. The van der Waals surface area contributed by atoms with Crippen molar-refractivity contribution in [3.63, 3.8) is 0 Å². The third-order valence-electron chi connectivity index (χ3n) is 3.33. The van der Waals surface area contributed by atoms with Gasteiger partial charge in [0.2, 0.25) is 0 Å². The molecule has 0 aliphatic carbocycles. The van der Waals surface area contributed by atoms with E-state index in [2.05, 4.69) is 15.3 Å². The van der Waals surface area contributed by atoms with Gasteiger partial charge in [0.05, 0.1) is 25.0 Å². The number of nitrogens with zero attached hydrogens (tertiary/aromatic N) is 2. The summed E-state index contributed by atoms with van der Waals surface area (Å²) in [5.74, 6) is 0. The molecule has 2 N–H and O–H groups in total. The van der Waals surface area contributed by atoms with Crippen molar-refractivity contribution < 1.29 is 14.3 Å². The van der Waals surface area contributed by atoms with Gasteiger partial charge in [0.25, 0.3) is 0 Å². The van der Waals surface area contributed by atoms with Crippen LogP contribution in [0, 0.1) is 0 Å². The van der Waals surface area contributed by atoms with E-state index in [4.69, 9.17) is 9.47 Å². The Balaban J connectivity index is 1.89. The Hall–Kier alpha value is -1.60. The van der Waals surface area contributed by atoms with Crippen molar-refractivity contribution in [2.24, 2.45) is 0 Å². The second kappa shape index (κ2) is 6.44. The maximum atomic E-state index is 12.1. The standard InChI is InChI=1S/C14H24N4O3/c1-14(2,3)21-13(19)18-7-11(12(8-18)20-4)16-6-10-5-15-9-17-10/h5,9,11-12,16H,6-8H2,1-4H3,(H,15,17)/t11?,12-/m0/s1. The number of aromatic amines is 1. The van der Waals surface area contributed by atoms with Crippen LogP contribution < -0.4 is 5.32 Å². The van der Waals surface area contributed by atoms with Crippen molar-refractivity contribution in [3.05, 3.63) is 18.2 Å². The van der Waals surface area contributed by atoms with Crippen LogP contribution in [-0.4, -0.2) is 58.9 Å². The van der Waals surface area contributed by atoms with E-state index in [1.165, 1.54) is 0 Å². The van der Waals surface area contributed by atoms with E-state index in [0.717, 1.165) is 5.69 Å². The average Bonchev–Trinajstić information content (AvgIpc) is 3.03. The first-order valence-electron chi connectivity index (χ1n) is 7.10. The Morgan fingerprint density at radius 2 is 2.29 bits per heavy atom. The summed E-state index contributed by atoms with van der Waals surface area (Å²) in [5, 5.41) is 3.39. The first-order valence-corrected chi connectivity index (χ1v) is 7.10. The number of H-pyrrole nitrogens is 1. The van der Waals surface area contributed by atoms with Gasteiger partial charge in [-0.05, 0) is 20.8 Å². The number of carbonyl (C=O) groups is 1. The highest BCUT2D eigenvalue weighted by Crippen LogP contribution is 2.17. The van der Waals surface area contributed by atoms with Gasteiger partial charge in [0, 0.05) is 32.1 Å². The normalized spacial score (nSPS) is 22.6. The number of amides is 1. The van der Waals surface area contributed by atoms with Gasteiger partial charge in [0.15, 0.2) is 0 Å². The zero-order valence-corrected chi connectivity index (χ0v) is 13.0. The number of rotatable bonds is 4. The van der Waals surface area contributed by atoms with Crippen molar-refractivity contribution in [3.8, 4) is 0 Å². The predicted molar refractivity (Wildman–Crippen MR) is 77.8 cm³/mol. The summed E-state index contributed by atoms with van der Waals surface area (Å²) in [7, 11) is 1.66. The van der Waals surface area contributed by atoms with Crippen molar-refractivity contribution in [1.82, 2.24) is 20.2 Å². The number of aromatic nitrogens is 2. The number of carbonyl (C=O) groups excluding carboxylic acids is 1. The van der Waals surface area contributed by atoms with Crippen LogP contribution >= 0.6 is 0 Å². The topological polar surface area (TPSA) is 79.5 Å². The van der Waals surface area contributed by atoms with Crippen LogP contribution in [0.15, 0.2) is 12.5 Å². The average molecular weight is 296 g/mol. The Morgan fingerprint density at radius 1 is 1.52 bits per heavy atom. The fourth-order valence-corrected chi connectivity index (χ4v) is 2.31. The molecule has 1 aliphatic rings. The van der Waals surface area contributed by atoms with Crippen LogP contribution in [0.2, 0.25) is 0 Å². The van der Waals surface area contributed by atoms with Gasteiger partial charge < -0.3 is 24.7 Å². The fraction of sp³-hybridized carbons (Fsp3) is 0.714. The lowest BCUT2D eigenvalue weighted by atomic mass is 10.2. The van der Waals surface area contributed by atoms with E-state index in [9.17, 15) is 4.79 Å². The van der Waals surface area contributed by atoms with Gasteiger partial charge in [0.1, 0.15) is 5.60 Å². The molecule has 1 fully saturated rings. The zero-order valence-electron chi connectivity index (χ0n) is 13.0. The van der Waals surface area contributed by atoms with Gasteiger partial charge in [-0.3, -0.25) is 0 Å². The van der Waals surface area contributed by atoms with Crippen molar-refractivity contribution in [1.29, 1.82) is 0 Å². The van der Waals surface area contributed by atoms with E-state index in [1.807, 2.05) is 20.8 Å². The molecule has 1 aliphatic heterocycles. The second-order valence-corrected chi connectivity index (χ2v) is 6.22. The molecule has 1 unspecified atom stereocenters. The summed E-state index contributed by atoms with van der Waals surface area (Å²) in [4.78, 5) is 20.8. The molecule has 118 valence electrons. The molecule has 2 rings (SSSR count). The molecule has 1 aromatic heterocycles. The molecule has 7 heteroatoms. The van der Waals surface area contributed by atoms with E-state index in [-0.39, 0.29) is 18.2 Å². The lowest BCUT2D eigenvalue weighted by Crippen LogP contribution is -2.40. The minimum absolute atomic E-state index is 0.0413. The summed E-state index contributed by atoms with van der Waals surface area (Å²) < 4.78 is 10.9. The third-order valence-corrected chi connectivity index (χ3v) is 3.33. The molecule has 1 amide bonds. The number of imidazole rings is 1. The number of nitrogens with one attached hydrogen (secondary N) is 2. The van der Waals surface area contributed by atoms with Gasteiger partial charge in [-0.1, -0.05) is 0 Å². The Bertz CT molecular complexity index is 455. The minimum atomic E-state index is -0.485. The Kier molecular flexibility index (Phi) is 4.84.